The van der Waals surface area contributed by atoms with Crippen LogP contribution in [0.2, 0.25) is 0 Å². The minimum absolute atomic E-state index is 0.00933. The molecule has 0 saturated heterocycles. The molecule has 2 aromatic carbocycles. The summed E-state index contributed by atoms with van der Waals surface area (Å²) in [5.41, 5.74) is 8.43. The van der Waals surface area contributed by atoms with Crippen molar-refractivity contribution in [3.8, 4) is 33.8 Å². The van der Waals surface area contributed by atoms with E-state index in [2.05, 4.69) is 61.4 Å². The van der Waals surface area contributed by atoms with E-state index in [1.54, 1.807) is 23.7 Å². The van der Waals surface area contributed by atoms with Crippen molar-refractivity contribution in [2.75, 3.05) is 5.32 Å². The van der Waals surface area contributed by atoms with Gasteiger partial charge in [-0.05, 0) is 58.6 Å². The van der Waals surface area contributed by atoms with Crippen molar-refractivity contribution in [1.29, 1.82) is 0 Å². The van der Waals surface area contributed by atoms with Crippen LogP contribution in [0.4, 0.5) is 5.69 Å². The molecule has 4 aromatic heterocycles. The second-order valence-corrected chi connectivity index (χ2v) is 9.53. The van der Waals surface area contributed by atoms with Crippen LogP contribution < -0.4 is 5.32 Å². The van der Waals surface area contributed by atoms with Gasteiger partial charge in [0, 0.05) is 29.1 Å². The first kappa shape index (κ1) is 22.2. The van der Waals surface area contributed by atoms with Crippen LogP contribution in [0, 0.1) is 0 Å². The topological polar surface area (TPSA) is 99.3 Å². The summed E-state index contributed by atoms with van der Waals surface area (Å²) in [7, 11) is 0. The predicted octanol–water partition coefficient (Wildman–Crippen LogP) is 7.03. The highest BCUT2D eigenvalue weighted by atomic mass is 32.1. The molecule has 0 aliphatic rings. The number of nitrogens with one attached hydrogen (secondary N) is 3. The number of fused-ring (bicyclic) bond motifs is 2. The summed E-state index contributed by atoms with van der Waals surface area (Å²) in [6.07, 6.45) is 5.84. The van der Waals surface area contributed by atoms with Crippen molar-refractivity contribution >= 4 is 44.9 Å². The number of hydrogen-bond donors (Lipinski definition) is 3. The average molecular weight is 493 g/mol. The molecule has 8 heteroatoms. The highest BCUT2D eigenvalue weighted by Crippen LogP contribution is 2.34. The van der Waals surface area contributed by atoms with E-state index < -0.39 is 0 Å². The predicted molar refractivity (Wildman–Crippen MR) is 146 cm³/mol. The van der Waals surface area contributed by atoms with Crippen molar-refractivity contribution in [3.63, 3.8) is 0 Å². The van der Waals surface area contributed by atoms with Gasteiger partial charge in [-0.1, -0.05) is 31.5 Å². The van der Waals surface area contributed by atoms with E-state index in [0.717, 1.165) is 62.7 Å². The summed E-state index contributed by atoms with van der Waals surface area (Å²) in [5.74, 6) is 0.723. The lowest BCUT2D eigenvalue weighted by atomic mass is 10.0. The maximum atomic E-state index is 12.2. The Bertz CT molecular complexity index is 1680. The Balaban J connectivity index is 1.37. The number of unbranched alkanes of at least 4 members (excludes halogenated alkanes) is 1. The van der Waals surface area contributed by atoms with Crippen LogP contribution in [0.5, 0.6) is 0 Å². The maximum absolute atomic E-state index is 12.2. The Morgan fingerprint density at radius 1 is 1.03 bits per heavy atom. The van der Waals surface area contributed by atoms with Crippen LogP contribution in [-0.2, 0) is 4.79 Å². The molecule has 0 aliphatic heterocycles. The number of benzene rings is 2. The first-order valence-electron chi connectivity index (χ1n) is 11.9. The van der Waals surface area contributed by atoms with Gasteiger partial charge in [0.2, 0.25) is 5.91 Å². The van der Waals surface area contributed by atoms with Gasteiger partial charge in [0.05, 0.1) is 28.4 Å². The SMILES string of the molecule is CCCCC(=O)Nc1cncc(-c2ccc3[nH]nc(-c4nc5c(-c6ccsc6)cccc5[nH]4)c3c2)c1. The monoisotopic (exact) mass is 492 g/mol. The molecule has 0 atom stereocenters. The van der Waals surface area contributed by atoms with Crippen molar-refractivity contribution < 1.29 is 4.79 Å². The number of carbonyl (C=O) groups excluding carboxylic acids is 1. The summed E-state index contributed by atoms with van der Waals surface area (Å²) in [6, 6.07) is 16.3. The first-order chi connectivity index (χ1) is 17.7. The van der Waals surface area contributed by atoms with Gasteiger partial charge in [-0.3, -0.25) is 14.9 Å². The number of aromatic amines is 2. The molecule has 0 radical (unpaired) electrons. The third kappa shape index (κ3) is 4.16. The number of aromatic nitrogens is 5. The molecule has 0 fully saturated rings. The molecule has 0 saturated carbocycles. The number of para-hydroxylation sites is 1. The summed E-state index contributed by atoms with van der Waals surface area (Å²) in [4.78, 5) is 24.9. The standard InChI is InChI=1S/C28H24N6OS/c1-2-3-7-25(35)30-20-12-19(14-29-15-20)17-8-9-23-22(13-17)27(34-33-23)28-31-24-6-4-5-21(26(24)32-28)18-10-11-36-16-18/h4-6,8-16H,2-3,7H2,1H3,(H,30,35)(H,31,32)(H,33,34). The van der Waals surface area contributed by atoms with E-state index in [4.69, 9.17) is 4.98 Å². The normalized spacial score (nSPS) is 11.4. The number of amides is 1. The Morgan fingerprint density at radius 2 is 1.97 bits per heavy atom. The van der Waals surface area contributed by atoms with Crippen molar-refractivity contribution in [2.24, 2.45) is 0 Å². The second-order valence-electron chi connectivity index (χ2n) is 8.75. The molecule has 178 valence electrons. The van der Waals surface area contributed by atoms with Crippen molar-refractivity contribution in [1.82, 2.24) is 25.1 Å². The number of anilines is 1. The number of nitrogens with zero attached hydrogens (tertiary/aromatic N) is 3. The van der Waals surface area contributed by atoms with Gasteiger partial charge >= 0.3 is 0 Å². The van der Waals surface area contributed by atoms with Gasteiger partial charge in [-0.15, -0.1) is 0 Å². The number of imidazole rings is 1. The lowest BCUT2D eigenvalue weighted by molar-refractivity contribution is -0.116. The van der Waals surface area contributed by atoms with E-state index in [-0.39, 0.29) is 5.91 Å². The van der Waals surface area contributed by atoms with Gasteiger partial charge in [-0.25, -0.2) is 4.98 Å². The van der Waals surface area contributed by atoms with Crippen LogP contribution >= 0.6 is 11.3 Å². The van der Waals surface area contributed by atoms with Crippen LogP contribution in [0.1, 0.15) is 26.2 Å². The zero-order valence-electron chi connectivity index (χ0n) is 19.7. The third-order valence-electron chi connectivity index (χ3n) is 6.24. The molecule has 3 N–H and O–H groups in total. The van der Waals surface area contributed by atoms with E-state index in [1.165, 1.54) is 0 Å². The summed E-state index contributed by atoms with van der Waals surface area (Å²) < 4.78 is 0. The molecule has 0 aliphatic carbocycles. The third-order valence-corrected chi connectivity index (χ3v) is 6.93. The number of thiophene rings is 1. The van der Waals surface area contributed by atoms with Gasteiger partial charge in [-0.2, -0.15) is 16.4 Å². The minimum atomic E-state index is 0.00933. The van der Waals surface area contributed by atoms with Crippen LogP contribution in [0.25, 0.3) is 55.7 Å². The number of rotatable bonds is 7. The molecular weight excluding hydrogens is 468 g/mol. The highest BCUT2D eigenvalue weighted by molar-refractivity contribution is 7.08. The van der Waals surface area contributed by atoms with E-state index >= 15 is 0 Å². The Morgan fingerprint density at radius 3 is 2.83 bits per heavy atom. The fourth-order valence-corrected chi connectivity index (χ4v) is 5.05. The van der Waals surface area contributed by atoms with E-state index in [0.29, 0.717) is 17.9 Å². The van der Waals surface area contributed by atoms with Crippen molar-refractivity contribution in [3.05, 3.63) is 71.7 Å². The van der Waals surface area contributed by atoms with Crippen LogP contribution in [0.15, 0.2) is 71.7 Å². The first-order valence-corrected chi connectivity index (χ1v) is 12.9. The molecule has 6 aromatic rings. The molecule has 36 heavy (non-hydrogen) atoms. The number of H-pyrrole nitrogens is 2. The average Bonchev–Trinajstić information content (AvgIpc) is 3.66. The minimum Gasteiger partial charge on any atom is -0.337 e. The van der Waals surface area contributed by atoms with E-state index in [1.807, 2.05) is 30.3 Å². The van der Waals surface area contributed by atoms with Gasteiger partial charge in [0.1, 0.15) is 5.69 Å². The Kier molecular flexibility index (Phi) is 5.79. The lowest BCUT2D eigenvalue weighted by Crippen LogP contribution is -2.11. The molecular formula is C28H24N6OS. The van der Waals surface area contributed by atoms with Crippen LogP contribution in [-0.4, -0.2) is 31.1 Å². The van der Waals surface area contributed by atoms with Crippen LogP contribution in [0.3, 0.4) is 0 Å². The molecule has 6 rings (SSSR count). The molecule has 0 unspecified atom stereocenters. The zero-order valence-corrected chi connectivity index (χ0v) is 20.5. The summed E-state index contributed by atoms with van der Waals surface area (Å²) >= 11 is 1.67. The Labute approximate surface area is 211 Å². The van der Waals surface area contributed by atoms with Gasteiger partial charge < -0.3 is 10.3 Å². The second kappa shape index (κ2) is 9.39. The molecule has 7 nitrogen and oxygen atoms in total. The molecule has 1 amide bonds. The van der Waals surface area contributed by atoms with Crippen molar-refractivity contribution in [2.45, 2.75) is 26.2 Å². The zero-order chi connectivity index (χ0) is 24.5. The summed E-state index contributed by atoms with van der Waals surface area (Å²) in [6.45, 7) is 2.07. The largest absolute Gasteiger partial charge is 0.337 e. The summed E-state index contributed by atoms with van der Waals surface area (Å²) in [5, 5.41) is 15.8. The smallest absolute Gasteiger partial charge is 0.224 e. The van der Waals surface area contributed by atoms with Gasteiger partial charge in [0.25, 0.3) is 0 Å². The maximum Gasteiger partial charge on any atom is 0.224 e. The lowest BCUT2D eigenvalue weighted by Gasteiger charge is -2.07. The van der Waals surface area contributed by atoms with Gasteiger partial charge in [0.15, 0.2) is 5.82 Å². The van der Waals surface area contributed by atoms with E-state index in [9.17, 15) is 4.79 Å². The number of hydrogen-bond acceptors (Lipinski definition) is 5. The molecule has 4 heterocycles. The number of carbonyl (C=O) groups is 1. The number of pyridine rings is 1. The highest BCUT2D eigenvalue weighted by Gasteiger charge is 2.16. The molecule has 0 bridgehead atoms. The quantitative estimate of drug-likeness (QED) is 0.223. The fourth-order valence-electron chi connectivity index (χ4n) is 4.40. The molecule has 0 spiro atoms. The Hall–Kier alpha value is -4.30. The fraction of sp³-hybridized carbons (Fsp3) is 0.143.